The van der Waals surface area contributed by atoms with E-state index in [9.17, 15) is 9.59 Å². The van der Waals surface area contributed by atoms with Crippen LogP contribution < -0.4 is 0 Å². The van der Waals surface area contributed by atoms with Gasteiger partial charge < -0.3 is 9.80 Å². The molecule has 1 aliphatic heterocycles. The Bertz CT molecular complexity index is 845. The summed E-state index contributed by atoms with van der Waals surface area (Å²) in [5.74, 6) is -0.0570. The maximum absolute atomic E-state index is 12.8. The van der Waals surface area contributed by atoms with Gasteiger partial charge in [-0.2, -0.15) is 0 Å². The number of carbonyl (C=O) groups excluding carboxylic acids is 2. The van der Waals surface area contributed by atoms with Gasteiger partial charge >= 0.3 is 0 Å². The molecule has 3 rings (SSSR count). The van der Waals surface area contributed by atoms with Crippen LogP contribution in [-0.2, 0) is 16.1 Å². The van der Waals surface area contributed by atoms with E-state index in [0.717, 1.165) is 21.2 Å². The number of nitrogens with zero attached hydrogens (tertiary/aromatic N) is 2. The molecule has 5 heteroatoms. The van der Waals surface area contributed by atoms with Crippen LogP contribution in [0.25, 0.3) is 6.08 Å². The standard InChI is InChI=1S/C21H21BrN2O2/c1-15(25)24-12-11-17-5-3-4-6-19(17)20(24)13-21(26)23(2)14-16-7-9-18(22)10-8-16/h3-12,20H,13-14H2,1-2H3/t20-/m1/s1. The Morgan fingerprint density at radius 1 is 1.12 bits per heavy atom. The van der Waals surface area contributed by atoms with E-state index >= 15 is 0 Å². The summed E-state index contributed by atoms with van der Waals surface area (Å²) in [6.07, 6.45) is 3.95. The molecule has 0 radical (unpaired) electrons. The van der Waals surface area contributed by atoms with Gasteiger partial charge in [0, 0.05) is 31.2 Å². The molecule has 0 spiro atoms. The minimum atomic E-state index is -0.270. The Kier molecular flexibility index (Phi) is 5.57. The topological polar surface area (TPSA) is 40.6 Å². The largest absolute Gasteiger partial charge is 0.341 e. The normalized spacial score (nSPS) is 15.5. The molecule has 0 bridgehead atoms. The summed E-state index contributed by atoms with van der Waals surface area (Å²) >= 11 is 3.42. The van der Waals surface area contributed by atoms with Gasteiger partial charge in [0.25, 0.3) is 0 Å². The molecular formula is C21H21BrN2O2. The minimum absolute atomic E-state index is 0.00859. The van der Waals surface area contributed by atoms with Crippen molar-refractivity contribution in [2.75, 3.05) is 7.05 Å². The summed E-state index contributed by atoms with van der Waals surface area (Å²) in [6, 6.07) is 15.6. The van der Waals surface area contributed by atoms with E-state index in [1.54, 1.807) is 23.0 Å². The molecule has 0 unspecified atom stereocenters. The Morgan fingerprint density at radius 3 is 2.50 bits per heavy atom. The highest BCUT2D eigenvalue weighted by Gasteiger charge is 2.29. The number of hydrogen-bond donors (Lipinski definition) is 0. The van der Waals surface area contributed by atoms with Gasteiger partial charge in [-0.25, -0.2) is 0 Å². The molecule has 0 aliphatic carbocycles. The molecule has 2 amide bonds. The fourth-order valence-corrected chi connectivity index (χ4v) is 3.45. The molecule has 1 heterocycles. The second-order valence-corrected chi connectivity index (χ2v) is 7.38. The van der Waals surface area contributed by atoms with Crippen molar-refractivity contribution in [3.8, 4) is 0 Å². The van der Waals surface area contributed by atoms with Crippen LogP contribution in [0.3, 0.4) is 0 Å². The lowest BCUT2D eigenvalue weighted by Crippen LogP contribution is -2.35. The Balaban J connectivity index is 1.76. The second-order valence-electron chi connectivity index (χ2n) is 6.47. The number of hydrogen-bond acceptors (Lipinski definition) is 2. The highest BCUT2D eigenvalue weighted by atomic mass is 79.9. The second kappa shape index (κ2) is 7.87. The predicted molar refractivity (Wildman–Crippen MR) is 106 cm³/mol. The first-order valence-corrected chi connectivity index (χ1v) is 9.29. The SMILES string of the molecule is CC(=O)N1C=Cc2ccccc2[C@H]1CC(=O)N(C)Cc1ccc(Br)cc1. The van der Waals surface area contributed by atoms with Crippen molar-refractivity contribution in [1.82, 2.24) is 9.80 Å². The first-order valence-electron chi connectivity index (χ1n) is 8.50. The van der Waals surface area contributed by atoms with Crippen molar-refractivity contribution < 1.29 is 9.59 Å². The summed E-state index contributed by atoms with van der Waals surface area (Å²) in [5, 5.41) is 0. The van der Waals surface area contributed by atoms with Crippen LogP contribution in [0.2, 0.25) is 0 Å². The summed E-state index contributed by atoms with van der Waals surface area (Å²) in [5.41, 5.74) is 3.13. The zero-order chi connectivity index (χ0) is 18.7. The molecule has 0 fully saturated rings. The van der Waals surface area contributed by atoms with Gasteiger partial charge in [0.1, 0.15) is 0 Å². The van der Waals surface area contributed by atoms with E-state index in [4.69, 9.17) is 0 Å². The summed E-state index contributed by atoms with van der Waals surface area (Å²) < 4.78 is 1.01. The number of fused-ring (bicyclic) bond motifs is 1. The van der Waals surface area contributed by atoms with Crippen LogP contribution in [0, 0.1) is 0 Å². The molecule has 1 aliphatic rings. The van der Waals surface area contributed by atoms with Crippen LogP contribution in [0.1, 0.15) is 36.1 Å². The monoisotopic (exact) mass is 412 g/mol. The highest BCUT2D eigenvalue weighted by molar-refractivity contribution is 9.10. The first kappa shape index (κ1) is 18.4. The molecule has 0 saturated heterocycles. The summed E-state index contributed by atoms with van der Waals surface area (Å²) in [6.45, 7) is 2.07. The first-order chi connectivity index (χ1) is 12.5. The van der Waals surface area contributed by atoms with E-state index in [1.807, 2.05) is 54.6 Å². The van der Waals surface area contributed by atoms with Gasteiger partial charge in [-0.15, -0.1) is 0 Å². The van der Waals surface area contributed by atoms with Crippen LogP contribution in [0.4, 0.5) is 0 Å². The fraction of sp³-hybridized carbons (Fsp3) is 0.238. The third-order valence-corrected chi connectivity index (χ3v) is 5.12. The molecule has 2 aromatic carbocycles. The third kappa shape index (κ3) is 4.05. The van der Waals surface area contributed by atoms with E-state index in [-0.39, 0.29) is 24.3 Å². The van der Waals surface area contributed by atoms with Crippen LogP contribution in [0.15, 0.2) is 59.2 Å². The molecular weight excluding hydrogens is 392 g/mol. The molecule has 1 atom stereocenters. The number of halogens is 1. The van der Waals surface area contributed by atoms with Crippen LogP contribution in [-0.4, -0.2) is 28.7 Å². The van der Waals surface area contributed by atoms with Gasteiger partial charge in [-0.05, 0) is 34.9 Å². The molecule has 0 aromatic heterocycles. The van der Waals surface area contributed by atoms with E-state index in [1.165, 1.54) is 6.92 Å². The van der Waals surface area contributed by atoms with Gasteiger partial charge in [0.2, 0.25) is 11.8 Å². The maximum atomic E-state index is 12.8. The number of amides is 2. The van der Waals surface area contributed by atoms with Crippen molar-refractivity contribution in [2.24, 2.45) is 0 Å². The lowest BCUT2D eigenvalue weighted by Gasteiger charge is -2.33. The molecule has 0 N–H and O–H groups in total. The van der Waals surface area contributed by atoms with Crippen LogP contribution >= 0.6 is 15.9 Å². The summed E-state index contributed by atoms with van der Waals surface area (Å²) in [4.78, 5) is 28.2. The average molecular weight is 413 g/mol. The Hall–Kier alpha value is -2.40. The molecule has 26 heavy (non-hydrogen) atoms. The van der Waals surface area contributed by atoms with Crippen molar-refractivity contribution >= 4 is 33.8 Å². The number of carbonyl (C=O) groups is 2. The molecule has 2 aromatic rings. The van der Waals surface area contributed by atoms with E-state index < -0.39 is 0 Å². The minimum Gasteiger partial charge on any atom is -0.341 e. The predicted octanol–water partition coefficient (Wildman–Crippen LogP) is 4.37. The van der Waals surface area contributed by atoms with Crippen molar-refractivity contribution in [3.05, 3.63) is 75.9 Å². The lowest BCUT2D eigenvalue weighted by molar-refractivity contribution is -0.134. The number of rotatable bonds is 4. The Labute approximate surface area is 162 Å². The maximum Gasteiger partial charge on any atom is 0.225 e. The quantitative estimate of drug-likeness (QED) is 0.747. The molecule has 134 valence electrons. The lowest BCUT2D eigenvalue weighted by atomic mass is 9.93. The Morgan fingerprint density at radius 2 is 1.81 bits per heavy atom. The van der Waals surface area contributed by atoms with E-state index in [0.29, 0.717) is 6.54 Å². The van der Waals surface area contributed by atoms with Gasteiger partial charge in [-0.1, -0.05) is 52.3 Å². The zero-order valence-corrected chi connectivity index (χ0v) is 16.4. The highest BCUT2D eigenvalue weighted by Crippen LogP contribution is 2.33. The van der Waals surface area contributed by atoms with Crippen molar-refractivity contribution in [1.29, 1.82) is 0 Å². The summed E-state index contributed by atoms with van der Waals surface area (Å²) in [7, 11) is 1.80. The van der Waals surface area contributed by atoms with Gasteiger partial charge in [0.05, 0.1) is 12.5 Å². The molecule has 0 saturated carbocycles. The van der Waals surface area contributed by atoms with Crippen LogP contribution in [0.5, 0.6) is 0 Å². The van der Waals surface area contributed by atoms with Crippen molar-refractivity contribution in [3.63, 3.8) is 0 Å². The smallest absolute Gasteiger partial charge is 0.225 e. The van der Waals surface area contributed by atoms with E-state index in [2.05, 4.69) is 15.9 Å². The van der Waals surface area contributed by atoms with Gasteiger partial charge in [0.15, 0.2) is 0 Å². The fourth-order valence-electron chi connectivity index (χ4n) is 3.19. The molecule has 4 nitrogen and oxygen atoms in total. The van der Waals surface area contributed by atoms with Crippen molar-refractivity contribution in [2.45, 2.75) is 25.9 Å². The van der Waals surface area contributed by atoms with Gasteiger partial charge in [-0.3, -0.25) is 9.59 Å². The average Bonchev–Trinajstić information content (AvgIpc) is 2.63. The third-order valence-electron chi connectivity index (χ3n) is 4.60. The zero-order valence-electron chi connectivity index (χ0n) is 14.9. The number of benzene rings is 2.